The van der Waals surface area contributed by atoms with Crippen molar-refractivity contribution in [3.63, 3.8) is 0 Å². The van der Waals surface area contributed by atoms with Crippen molar-refractivity contribution < 1.29 is 25.1 Å². The van der Waals surface area contributed by atoms with Crippen LogP contribution in [-0.2, 0) is 25.1 Å². The molecule has 0 rings (SSSR count). The van der Waals surface area contributed by atoms with Crippen LogP contribution >= 0.6 is 0 Å². The molecule has 0 aliphatic rings. The van der Waals surface area contributed by atoms with Gasteiger partial charge in [-0.1, -0.05) is 76.8 Å². The van der Waals surface area contributed by atoms with Crippen LogP contribution in [0.5, 0.6) is 0 Å². The third-order valence-electron chi connectivity index (χ3n) is 3.18. The van der Waals surface area contributed by atoms with Crippen molar-refractivity contribution >= 4 is 20.5 Å². The average Bonchev–Trinajstić information content (AvgIpc) is 2.22. The Kier molecular flexibility index (Phi) is 15.0. The zero-order valence-electron chi connectivity index (χ0n) is 14.2. The molecule has 0 bridgehead atoms. The van der Waals surface area contributed by atoms with Gasteiger partial charge in [0.15, 0.2) is 0 Å². The molecule has 0 radical (unpaired) electrons. The summed E-state index contributed by atoms with van der Waals surface area (Å²) >= 11 is -1.33. The van der Waals surface area contributed by atoms with Gasteiger partial charge in [-0.15, -0.1) is 0 Å². The molecule has 0 aromatic carbocycles. The molecule has 4 heteroatoms. The van der Waals surface area contributed by atoms with Crippen LogP contribution in [0, 0.1) is 17.8 Å². The van der Waals surface area contributed by atoms with Gasteiger partial charge in [0.05, 0.1) is 0 Å². The molecule has 0 saturated carbocycles. The van der Waals surface area contributed by atoms with Crippen molar-refractivity contribution in [2.75, 3.05) is 0 Å². The molecule has 0 unspecified atom stereocenters. The molecule has 20 heavy (non-hydrogen) atoms. The van der Waals surface area contributed by atoms with Gasteiger partial charge in [-0.3, -0.25) is 4.79 Å². The van der Waals surface area contributed by atoms with Crippen LogP contribution in [-0.4, -0.2) is 20.5 Å². The minimum atomic E-state index is -1.33. The van der Waals surface area contributed by atoms with Gasteiger partial charge in [0.1, 0.15) is 0 Å². The minimum absolute atomic E-state index is 0. The van der Waals surface area contributed by atoms with Crippen molar-refractivity contribution in [1.82, 2.24) is 0 Å². The predicted molar refractivity (Wildman–Crippen MR) is 84.4 cm³/mol. The van der Waals surface area contributed by atoms with Crippen molar-refractivity contribution in [3.8, 4) is 0 Å². The van der Waals surface area contributed by atoms with Gasteiger partial charge in [-0.2, -0.15) is 0 Å². The zero-order valence-corrected chi connectivity index (χ0v) is 16.3. The molecular weight excluding hydrogens is 310 g/mol. The van der Waals surface area contributed by atoms with E-state index in [0.717, 1.165) is 29.3 Å². The summed E-state index contributed by atoms with van der Waals surface area (Å²) in [6.45, 7) is 13.3. The Morgan fingerprint density at radius 3 is 1.80 bits per heavy atom. The Hall–Kier alpha value is 0.496. The summed E-state index contributed by atoms with van der Waals surface area (Å²) in [4.78, 5) is 11.9. The predicted octanol–water partition coefficient (Wildman–Crippen LogP) is 5.05. The largest absolute Gasteiger partial charge is 0.616 e. The number of hydrogen-bond donors (Lipinski definition) is 0. The van der Waals surface area contributed by atoms with E-state index in [4.69, 9.17) is 3.79 Å². The molecule has 0 aliphatic heterocycles. The third kappa shape index (κ3) is 14.9. The molecule has 122 valence electrons. The number of unbranched alkanes of at least 4 members (excludes halogenated alkanes) is 1. The van der Waals surface area contributed by atoms with Gasteiger partial charge in [0.25, 0.3) is 5.97 Å². The van der Waals surface area contributed by atoms with Gasteiger partial charge in [-0.05, 0) is 12.3 Å². The number of rotatable bonds is 10. The molecule has 0 aliphatic carbocycles. The van der Waals surface area contributed by atoms with E-state index >= 15 is 0 Å². The molecule has 0 N–H and O–H groups in total. The SMILES string of the molecule is CC(C)CCCCC(=O)[O][Al]([CH2]C(C)C)[CH2]C(C)C.[Ni]. The fourth-order valence-electron chi connectivity index (χ4n) is 2.31. The zero-order chi connectivity index (χ0) is 14.8. The average molecular weight is 343 g/mol. The van der Waals surface area contributed by atoms with Crippen LogP contribution in [0.3, 0.4) is 0 Å². The summed E-state index contributed by atoms with van der Waals surface area (Å²) in [5.74, 6) is 2.08. The minimum Gasteiger partial charge on any atom is -0.616 e. The first-order valence-corrected chi connectivity index (χ1v) is 10.1. The standard InChI is InChI=1S/C8H16O2.2C4H9.Al.Ni/c1-7(2)5-3-4-6-8(9)10;2*1-4(2)3;;/h7H,3-6H2,1-2H3,(H,9,10);2*4H,1H2,2-3H3;;/q;;;+1;/p-1. The van der Waals surface area contributed by atoms with E-state index in [-0.39, 0.29) is 22.5 Å². The molecule has 0 saturated heterocycles. The van der Waals surface area contributed by atoms with Crippen LogP contribution in [0.25, 0.3) is 0 Å². The maximum Gasteiger partial charge on any atom is 0.549 e. The Labute approximate surface area is 141 Å². The van der Waals surface area contributed by atoms with Crippen molar-refractivity contribution in [2.24, 2.45) is 17.8 Å². The smallest absolute Gasteiger partial charge is 0.549 e. The van der Waals surface area contributed by atoms with Gasteiger partial charge in [0.2, 0.25) is 0 Å². The maximum atomic E-state index is 11.9. The van der Waals surface area contributed by atoms with Crippen molar-refractivity contribution in [1.29, 1.82) is 0 Å². The first-order chi connectivity index (χ1) is 8.81. The molecule has 0 atom stereocenters. The summed E-state index contributed by atoms with van der Waals surface area (Å²) in [5, 5.41) is 2.24. The summed E-state index contributed by atoms with van der Waals surface area (Å²) in [5.41, 5.74) is 0. The van der Waals surface area contributed by atoms with Gasteiger partial charge in [-0.25, -0.2) is 0 Å². The molecule has 0 fully saturated rings. The number of hydrogen-bond acceptors (Lipinski definition) is 2. The Morgan fingerprint density at radius 1 is 0.900 bits per heavy atom. The van der Waals surface area contributed by atoms with Crippen molar-refractivity contribution in [2.45, 2.75) is 77.8 Å². The van der Waals surface area contributed by atoms with E-state index in [1.165, 1.54) is 6.42 Å². The second-order valence-electron chi connectivity index (χ2n) is 7.01. The summed E-state index contributed by atoms with van der Waals surface area (Å²) in [6.07, 6.45) is 3.97. The van der Waals surface area contributed by atoms with Gasteiger partial charge < -0.3 is 3.79 Å². The second kappa shape index (κ2) is 13.2. The molecule has 2 nitrogen and oxygen atoms in total. The first kappa shape index (κ1) is 22.8. The van der Waals surface area contributed by atoms with Gasteiger partial charge in [0, 0.05) is 22.9 Å². The summed E-state index contributed by atoms with van der Waals surface area (Å²) in [6, 6.07) is 0. The van der Waals surface area contributed by atoms with E-state index in [1.54, 1.807) is 0 Å². The fraction of sp³-hybridized carbons (Fsp3) is 0.938. The van der Waals surface area contributed by atoms with Crippen LogP contribution < -0.4 is 0 Å². The van der Waals surface area contributed by atoms with Crippen LogP contribution in [0.15, 0.2) is 0 Å². The van der Waals surface area contributed by atoms with E-state index in [9.17, 15) is 4.79 Å². The normalized spacial score (nSPS) is 10.8. The topological polar surface area (TPSA) is 26.3 Å². The molecular formula is C16H33AlNiO2. The van der Waals surface area contributed by atoms with E-state index in [2.05, 4.69) is 41.5 Å². The molecule has 0 aromatic rings. The van der Waals surface area contributed by atoms with Crippen LogP contribution in [0.1, 0.15) is 67.2 Å². The quantitative estimate of drug-likeness (QED) is 0.410. The van der Waals surface area contributed by atoms with Crippen LogP contribution in [0.4, 0.5) is 0 Å². The first-order valence-electron chi connectivity index (χ1n) is 8.00. The fourth-order valence-corrected chi connectivity index (χ4v) is 5.29. The summed E-state index contributed by atoms with van der Waals surface area (Å²) < 4.78 is 5.78. The summed E-state index contributed by atoms with van der Waals surface area (Å²) in [7, 11) is 0. The number of carbonyl (C=O) groups excluding carboxylic acids is 1. The van der Waals surface area contributed by atoms with E-state index < -0.39 is 14.5 Å². The van der Waals surface area contributed by atoms with Crippen molar-refractivity contribution in [3.05, 3.63) is 0 Å². The Bertz CT molecular complexity index is 233. The van der Waals surface area contributed by atoms with Crippen LogP contribution in [0.2, 0.25) is 10.6 Å². The molecule has 0 heterocycles. The monoisotopic (exact) mass is 342 g/mol. The molecule has 0 spiro atoms. The third-order valence-corrected chi connectivity index (χ3v) is 6.71. The van der Waals surface area contributed by atoms with Gasteiger partial charge >= 0.3 is 14.5 Å². The Balaban J connectivity index is 0. The Morgan fingerprint density at radius 2 is 1.40 bits per heavy atom. The van der Waals surface area contributed by atoms with E-state index in [0.29, 0.717) is 18.3 Å². The molecule has 0 amide bonds. The number of carbonyl (C=O) groups is 1. The van der Waals surface area contributed by atoms with E-state index in [1.807, 2.05) is 0 Å². The second-order valence-corrected chi connectivity index (χ2v) is 9.43. The maximum absolute atomic E-state index is 11.9. The molecule has 0 aromatic heterocycles.